The van der Waals surface area contributed by atoms with E-state index in [1.54, 1.807) is 0 Å². The summed E-state index contributed by atoms with van der Waals surface area (Å²) < 4.78 is 11.1. The summed E-state index contributed by atoms with van der Waals surface area (Å²) in [5, 5.41) is 18.0. The van der Waals surface area contributed by atoms with Crippen LogP contribution in [0.4, 0.5) is 0 Å². The van der Waals surface area contributed by atoms with Crippen LogP contribution in [0.5, 0.6) is 0 Å². The molecule has 6 aliphatic rings. The van der Waals surface area contributed by atoms with Crippen molar-refractivity contribution in [2.45, 2.75) is 146 Å². The Morgan fingerprint density at radius 1 is 0.877 bits per heavy atom. The van der Waals surface area contributed by atoms with Gasteiger partial charge in [-0.05, 0) is 123 Å². The second-order valence-electron chi connectivity index (χ2n) is 19.5. The smallest absolute Gasteiger partial charge is 0.874 e. The number of rotatable bonds is 20. The summed E-state index contributed by atoms with van der Waals surface area (Å²) in [5.74, 6) is -0.510. The van der Waals surface area contributed by atoms with Gasteiger partial charge in [0.25, 0.3) is 0 Å². The van der Waals surface area contributed by atoms with Crippen molar-refractivity contribution < 1.29 is 24.2 Å². The van der Waals surface area contributed by atoms with Crippen molar-refractivity contribution in [2.75, 3.05) is 13.7 Å². The Hall–Kier alpha value is -4.28. The Balaban J connectivity index is 0.00000793. The van der Waals surface area contributed by atoms with Crippen LogP contribution in [0.15, 0.2) is 131 Å². The van der Waals surface area contributed by atoms with E-state index < -0.39 is 11.9 Å². The van der Waals surface area contributed by atoms with Crippen LogP contribution >= 0.6 is 0 Å². The van der Waals surface area contributed by atoms with E-state index in [0.717, 1.165) is 81.9 Å². The maximum atomic E-state index is 14.4. The molecule has 0 aromatic rings. The third kappa shape index (κ3) is 11.6. The number of carbonyl (C=O) groups excluding carboxylic acids is 2. The van der Waals surface area contributed by atoms with Gasteiger partial charge in [0.15, 0.2) is 0 Å². The number of carbonyl (C=O) groups is 2. The quantitative estimate of drug-likeness (QED) is 0.0737. The van der Waals surface area contributed by atoms with Crippen molar-refractivity contribution in [3.05, 3.63) is 116 Å². The van der Waals surface area contributed by atoms with E-state index in [-0.39, 0.29) is 59.6 Å². The van der Waals surface area contributed by atoms with Crippen molar-refractivity contribution in [1.29, 1.82) is 0 Å². The molecule has 5 aliphatic heterocycles. The van der Waals surface area contributed by atoms with Gasteiger partial charge in [-0.25, -0.2) is 15.0 Å². The summed E-state index contributed by atoms with van der Waals surface area (Å²) >= 11 is 0. The van der Waals surface area contributed by atoms with Gasteiger partial charge in [0, 0.05) is 40.8 Å². The Labute approximate surface area is 405 Å². The third-order valence-corrected chi connectivity index (χ3v) is 14.3. The minimum absolute atomic E-state index is 0. The fourth-order valence-electron chi connectivity index (χ4n) is 10.2. The summed E-state index contributed by atoms with van der Waals surface area (Å²) in [6.45, 7) is 26.1. The first-order valence-corrected chi connectivity index (χ1v) is 24.1. The Bertz CT molecular complexity index is 2300. The molecule has 65 heavy (non-hydrogen) atoms. The van der Waals surface area contributed by atoms with E-state index in [1.807, 2.05) is 44.2 Å². The van der Waals surface area contributed by atoms with Crippen LogP contribution in [0, 0.1) is 35.5 Å². The second-order valence-corrected chi connectivity index (χ2v) is 19.5. The zero-order valence-electron chi connectivity index (χ0n) is 41.3. The summed E-state index contributed by atoms with van der Waals surface area (Å²) in [7, 11) is 1.31. The van der Waals surface area contributed by atoms with Gasteiger partial charge < -0.3 is 19.9 Å². The van der Waals surface area contributed by atoms with E-state index in [4.69, 9.17) is 24.5 Å². The SMILES string of the molecule is C=CC1=C(C)C2=NC1=CC1=NC(=CC3=C(C)C4=C([O-])[C@H](C(=O)OC)C(=C5NC(=C2)[C@@H](C)[C@@H]5CCC(=O)OC/C=C(\C)CCC[C@H](C)CCC[C@H](C)CCCC(C)C)C4=N3)C(CC)=C1C.[Mg+2]. The minimum Gasteiger partial charge on any atom is -0.874 e. The summed E-state index contributed by atoms with van der Waals surface area (Å²) in [4.78, 5) is 42.3. The van der Waals surface area contributed by atoms with Crippen LogP contribution in [0.3, 0.4) is 0 Å². The first-order chi connectivity index (χ1) is 30.6. The molecule has 0 unspecified atom stereocenters. The molecule has 0 aromatic heterocycles. The largest absolute Gasteiger partial charge is 2.00 e. The van der Waals surface area contributed by atoms with Crippen molar-refractivity contribution >= 4 is 52.1 Å². The number of hydrogen-bond acceptors (Lipinski definition) is 9. The van der Waals surface area contributed by atoms with Crippen molar-refractivity contribution in [2.24, 2.45) is 50.5 Å². The van der Waals surface area contributed by atoms with Gasteiger partial charge in [-0.3, -0.25) is 9.59 Å². The predicted octanol–water partition coefficient (Wildman–Crippen LogP) is 11.4. The number of hydrogen-bond donors (Lipinski definition) is 1. The van der Waals surface area contributed by atoms with Crippen molar-refractivity contribution in [3.63, 3.8) is 0 Å². The molecular weight excluding hydrogens is 821 g/mol. The van der Waals surface area contributed by atoms with Crippen LogP contribution < -0.4 is 10.4 Å². The molecule has 1 saturated heterocycles. The molecule has 9 nitrogen and oxygen atoms in total. The average Bonchev–Trinajstić information content (AvgIpc) is 3.99. The van der Waals surface area contributed by atoms with E-state index >= 15 is 0 Å². The number of fused-ring (bicyclic) bond motifs is 5. The van der Waals surface area contributed by atoms with Gasteiger partial charge in [0.1, 0.15) is 6.61 Å². The van der Waals surface area contributed by atoms with Gasteiger partial charge in [-0.15, -0.1) is 5.76 Å². The molecule has 1 N–H and O–H groups in total. The molecule has 5 atom stereocenters. The number of nitrogens with one attached hydrogen (secondary N) is 1. The molecule has 0 aromatic carbocycles. The summed E-state index contributed by atoms with van der Waals surface area (Å²) in [5.41, 5.74) is 12.8. The molecule has 1 aliphatic carbocycles. The van der Waals surface area contributed by atoms with E-state index in [2.05, 4.69) is 67.3 Å². The summed E-state index contributed by atoms with van der Waals surface area (Å²) in [6.07, 6.45) is 22.5. The van der Waals surface area contributed by atoms with Gasteiger partial charge in [-0.2, -0.15) is 0 Å². The number of methoxy groups -OCH3 is 1. The van der Waals surface area contributed by atoms with E-state index in [9.17, 15) is 14.7 Å². The molecule has 5 heterocycles. The van der Waals surface area contributed by atoms with Gasteiger partial charge in [0.05, 0.1) is 47.3 Å². The van der Waals surface area contributed by atoms with E-state index in [0.29, 0.717) is 46.2 Å². The predicted molar refractivity (Wildman–Crippen MR) is 265 cm³/mol. The van der Waals surface area contributed by atoms with Crippen molar-refractivity contribution in [3.8, 4) is 0 Å². The molecule has 6 rings (SSSR count). The number of nitrogens with zero attached hydrogens (tertiary/aromatic N) is 3. The Kier molecular flexibility index (Phi) is 18.3. The molecule has 344 valence electrons. The second kappa shape index (κ2) is 22.9. The molecule has 0 saturated carbocycles. The Morgan fingerprint density at radius 2 is 1.52 bits per heavy atom. The molecule has 8 bridgehead atoms. The average molecular weight is 895 g/mol. The van der Waals surface area contributed by atoms with Gasteiger partial charge in [-0.1, -0.05) is 105 Å². The molecule has 0 spiro atoms. The van der Waals surface area contributed by atoms with Crippen molar-refractivity contribution in [1.82, 2.24) is 5.32 Å². The first-order valence-electron chi connectivity index (χ1n) is 24.1. The number of ether oxygens (including phenoxy) is 2. The minimum atomic E-state index is -1.19. The first kappa shape index (κ1) is 51.7. The molecule has 0 radical (unpaired) electrons. The summed E-state index contributed by atoms with van der Waals surface area (Å²) in [6, 6.07) is 0. The maximum Gasteiger partial charge on any atom is 2.00 e. The number of esters is 2. The van der Waals surface area contributed by atoms with Gasteiger partial charge in [0.2, 0.25) is 0 Å². The van der Waals surface area contributed by atoms with Crippen LogP contribution in [0.1, 0.15) is 146 Å². The normalized spacial score (nSPS) is 22.4. The van der Waals surface area contributed by atoms with Crippen LogP contribution in [-0.4, -0.2) is 65.8 Å². The fourth-order valence-corrected chi connectivity index (χ4v) is 10.2. The Morgan fingerprint density at radius 3 is 2.17 bits per heavy atom. The standard InChI is InChI=1S/C55H74N4O5.Mg/c1-13-39-35(8)42-28-44-37(10)41(24-25-48(60)64-27-26-34(7)23-17-22-33(6)21-16-20-32(5)19-15-18-31(3)4)52(58-44)50-51(55(62)63-12)54(61)49-38(11)45(59-53(49)50)30-47-40(14-2)36(9)43(57-47)29-46(39)56-42;/h13,26,28-33,37,41,51,58,61H,1,14-25,27H2,2-12H3;/q;+2/p-1/b34-26+,44-28?,46-29?,47-30?,52-50?;/t32-,33-,37+,41+,51-;/m1./s1. The van der Waals surface area contributed by atoms with Crippen LogP contribution in [0.25, 0.3) is 0 Å². The molecule has 0 amide bonds. The number of allylic oxidation sites excluding steroid dienone is 12. The zero-order chi connectivity index (χ0) is 46.4. The molecular formula is C55H73MgN4O5+. The zero-order valence-corrected chi connectivity index (χ0v) is 42.8. The molecule has 10 heteroatoms. The van der Waals surface area contributed by atoms with E-state index in [1.165, 1.54) is 57.6 Å². The molecule has 1 fully saturated rings. The monoisotopic (exact) mass is 894 g/mol. The third-order valence-electron chi connectivity index (χ3n) is 14.3. The fraction of sp³-hybridized carbons (Fsp3) is 0.545. The van der Waals surface area contributed by atoms with Gasteiger partial charge >= 0.3 is 35.0 Å². The number of aliphatic imine (C=N–C) groups is 3. The van der Waals surface area contributed by atoms with Crippen LogP contribution in [0.2, 0.25) is 0 Å². The van der Waals surface area contributed by atoms with Crippen LogP contribution in [-0.2, 0) is 19.1 Å². The topological polar surface area (TPSA) is 125 Å². The maximum absolute atomic E-state index is 14.4.